The summed E-state index contributed by atoms with van der Waals surface area (Å²) in [4.78, 5) is 0. The molecular weight excluding hydrogens is 190 g/mol. The number of aliphatic hydroxyl groups excluding tert-OH is 1. The summed E-state index contributed by atoms with van der Waals surface area (Å²) in [5.41, 5.74) is 0.980. The third-order valence-corrected chi connectivity index (χ3v) is 2.35. The maximum absolute atomic E-state index is 8.68. The monoisotopic (exact) mass is 211 g/mol. The number of aryl methyl sites for hydroxylation is 2. The first-order valence-electron chi connectivity index (χ1n) is 5.72. The van der Waals surface area contributed by atoms with Gasteiger partial charge in [0.15, 0.2) is 0 Å². The number of rotatable bonds is 7. The minimum absolute atomic E-state index is 0.222. The van der Waals surface area contributed by atoms with Crippen LogP contribution in [-0.4, -0.2) is 26.7 Å². The normalized spacial score (nSPS) is 11.2. The Labute approximate surface area is 91.3 Å². The van der Waals surface area contributed by atoms with Gasteiger partial charge < -0.3 is 5.11 Å². The fraction of sp³-hybridized carbons (Fsp3) is 0.818. The van der Waals surface area contributed by atoms with E-state index in [4.69, 9.17) is 5.11 Å². The SMILES string of the molecule is CC(C)CCCn1cc(CCCO)nn1. The second kappa shape index (κ2) is 6.56. The summed E-state index contributed by atoms with van der Waals surface area (Å²) < 4.78 is 1.90. The highest BCUT2D eigenvalue weighted by Crippen LogP contribution is 2.05. The quantitative estimate of drug-likeness (QED) is 0.746. The molecule has 0 spiro atoms. The molecule has 1 aromatic rings. The molecule has 0 aliphatic carbocycles. The molecule has 1 N–H and O–H groups in total. The molecule has 0 aromatic carbocycles. The van der Waals surface area contributed by atoms with Crippen molar-refractivity contribution in [2.45, 2.75) is 46.1 Å². The Morgan fingerprint density at radius 3 is 2.87 bits per heavy atom. The number of aliphatic hydroxyl groups is 1. The van der Waals surface area contributed by atoms with Crippen molar-refractivity contribution in [2.75, 3.05) is 6.61 Å². The zero-order valence-corrected chi connectivity index (χ0v) is 9.69. The van der Waals surface area contributed by atoms with Gasteiger partial charge in [0.2, 0.25) is 0 Å². The van der Waals surface area contributed by atoms with Gasteiger partial charge in [0.05, 0.1) is 5.69 Å². The maximum atomic E-state index is 8.68. The van der Waals surface area contributed by atoms with E-state index in [1.165, 1.54) is 6.42 Å². The lowest BCUT2D eigenvalue weighted by Gasteiger charge is -2.03. The molecule has 0 fully saturated rings. The van der Waals surface area contributed by atoms with E-state index in [9.17, 15) is 0 Å². The van der Waals surface area contributed by atoms with Gasteiger partial charge in [-0.15, -0.1) is 5.10 Å². The molecule has 0 atom stereocenters. The van der Waals surface area contributed by atoms with E-state index in [2.05, 4.69) is 24.2 Å². The van der Waals surface area contributed by atoms with Gasteiger partial charge in [0, 0.05) is 19.3 Å². The Morgan fingerprint density at radius 2 is 2.20 bits per heavy atom. The Kier molecular flexibility index (Phi) is 5.32. The van der Waals surface area contributed by atoms with Crippen molar-refractivity contribution in [3.63, 3.8) is 0 Å². The van der Waals surface area contributed by atoms with Gasteiger partial charge in [-0.25, -0.2) is 0 Å². The largest absolute Gasteiger partial charge is 0.396 e. The summed E-state index contributed by atoms with van der Waals surface area (Å²) >= 11 is 0. The third kappa shape index (κ3) is 4.93. The standard InChI is InChI=1S/C11H21N3O/c1-10(2)5-3-7-14-9-11(12-13-14)6-4-8-15/h9-10,15H,3-8H2,1-2H3. The molecule has 0 aliphatic heterocycles. The van der Waals surface area contributed by atoms with Gasteiger partial charge in [-0.3, -0.25) is 4.68 Å². The van der Waals surface area contributed by atoms with Crippen LogP contribution in [-0.2, 0) is 13.0 Å². The highest BCUT2D eigenvalue weighted by Gasteiger charge is 2.00. The van der Waals surface area contributed by atoms with E-state index in [1.54, 1.807) is 0 Å². The van der Waals surface area contributed by atoms with Crippen molar-refractivity contribution in [1.82, 2.24) is 15.0 Å². The Morgan fingerprint density at radius 1 is 1.40 bits per heavy atom. The van der Waals surface area contributed by atoms with Crippen LogP contribution in [0.2, 0.25) is 0 Å². The number of hydrogen-bond donors (Lipinski definition) is 1. The van der Waals surface area contributed by atoms with Gasteiger partial charge in [0.1, 0.15) is 0 Å². The maximum Gasteiger partial charge on any atom is 0.0828 e. The summed E-state index contributed by atoms with van der Waals surface area (Å²) in [6, 6.07) is 0. The first-order chi connectivity index (χ1) is 7.22. The summed E-state index contributed by atoms with van der Waals surface area (Å²) in [6.07, 6.45) is 5.95. The Bertz CT molecular complexity index is 271. The Balaban J connectivity index is 2.26. The van der Waals surface area contributed by atoms with Gasteiger partial charge in [-0.1, -0.05) is 19.1 Å². The molecule has 0 amide bonds. The second-order valence-electron chi connectivity index (χ2n) is 4.34. The minimum Gasteiger partial charge on any atom is -0.396 e. The molecule has 0 saturated carbocycles. The van der Waals surface area contributed by atoms with E-state index >= 15 is 0 Å². The summed E-state index contributed by atoms with van der Waals surface area (Å²) in [7, 11) is 0. The zero-order valence-electron chi connectivity index (χ0n) is 9.69. The number of aromatic nitrogens is 3. The fourth-order valence-electron chi connectivity index (χ4n) is 1.48. The van der Waals surface area contributed by atoms with E-state index in [-0.39, 0.29) is 6.61 Å². The van der Waals surface area contributed by atoms with Crippen LogP contribution in [0.1, 0.15) is 38.8 Å². The molecule has 0 aliphatic rings. The molecule has 86 valence electrons. The van der Waals surface area contributed by atoms with Gasteiger partial charge in [-0.2, -0.15) is 0 Å². The van der Waals surface area contributed by atoms with Crippen LogP contribution in [0.3, 0.4) is 0 Å². The molecular formula is C11H21N3O. The van der Waals surface area contributed by atoms with Crippen molar-refractivity contribution < 1.29 is 5.11 Å². The zero-order chi connectivity index (χ0) is 11.1. The van der Waals surface area contributed by atoms with Crippen LogP contribution in [0.5, 0.6) is 0 Å². The molecule has 0 saturated heterocycles. The van der Waals surface area contributed by atoms with Gasteiger partial charge in [-0.05, 0) is 31.6 Å². The van der Waals surface area contributed by atoms with Crippen LogP contribution >= 0.6 is 0 Å². The lowest BCUT2D eigenvalue weighted by Crippen LogP contribution is -2.00. The number of nitrogens with zero attached hydrogens (tertiary/aromatic N) is 3. The smallest absolute Gasteiger partial charge is 0.0828 e. The molecule has 0 unspecified atom stereocenters. The predicted octanol–water partition coefficient (Wildman–Crippen LogP) is 1.64. The van der Waals surface area contributed by atoms with E-state index in [0.717, 1.165) is 37.4 Å². The fourth-order valence-corrected chi connectivity index (χ4v) is 1.48. The molecule has 1 aromatic heterocycles. The minimum atomic E-state index is 0.222. The molecule has 4 nitrogen and oxygen atoms in total. The van der Waals surface area contributed by atoms with Crippen LogP contribution < -0.4 is 0 Å². The van der Waals surface area contributed by atoms with E-state index in [0.29, 0.717) is 0 Å². The molecule has 1 heterocycles. The number of hydrogen-bond acceptors (Lipinski definition) is 3. The molecule has 4 heteroatoms. The second-order valence-corrected chi connectivity index (χ2v) is 4.34. The summed E-state index contributed by atoms with van der Waals surface area (Å²) in [6.45, 7) is 5.63. The van der Waals surface area contributed by atoms with Crippen LogP contribution in [0, 0.1) is 5.92 Å². The molecule has 15 heavy (non-hydrogen) atoms. The summed E-state index contributed by atoms with van der Waals surface area (Å²) in [5.74, 6) is 0.752. The van der Waals surface area contributed by atoms with Crippen molar-refractivity contribution >= 4 is 0 Å². The van der Waals surface area contributed by atoms with E-state index < -0.39 is 0 Å². The highest BCUT2D eigenvalue weighted by molar-refractivity contribution is 4.91. The van der Waals surface area contributed by atoms with Crippen LogP contribution in [0.15, 0.2) is 6.20 Å². The first-order valence-corrected chi connectivity index (χ1v) is 5.72. The highest BCUT2D eigenvalue weighted by atomic mass is 16.2. The van der Waals surface area contributed by atoms with E-state index in [1.807, 2.05) is 10.9 Å². The molecule has 0 bridgehead atoms. The van der Waals surface area contributed by atoms with Gasteiger partial charge in [0.25, 0.3) is 0 Å². The van der Waals surface area contributed by atoms with Crippen molar-refractivity contribution in [3.8, 4) is 0 Å². The van der Waals surface area contributed by atoms with Crippen LogP contribution in [0.4, 0.5) is 0 Å². The molecule has 0 radical (unpaired) electrons. The average molecular weight is 211 g/mol. The first kappa shape index (κ1) is 12.2. The average Bonchev–Trinajstić information content (AvgIpc) is 2.62. The summed E-state index contributed by atoms with van der Waals surface area (Å²) in [5, 5.41) is 16.8. The molecule has 1 rings (SSSR count). The van der Waals surface area contributed by atoms with Crippen molar-refractivity contribution in [3.05, 3.63) is 11.9 Å². The lowest BCUT2D eigenvalue weighted by atomic mass is 10.1. The third-order valence-electron chi connectivity index (χ3n) is 2.35. The Hall–Kier alpha value is -0.900. The predicted molar refractivity (Wildman–Crippen MR) is 59.5 cm³/mol. The van der Waals surface area contributed by atoms with Crippen molar-refractivity contribution in [1.29, 1.82) is 0 Å². The topological polar surface area (TPSA) is 50.9 Å². The van der Waals surface area contributed by atoms with Crippen molar-refractivity contribution in [2.24, 2.45) is 5.92 Å². The lowest BCUT2D eigenvalue weighted by molar-refractivity contribution is 0.288. The van der Waals surface area contributed by atoms with Gasteiger partial charge >= 0.3 is 0 Å². The van der Waals surface area contributed by atoms with Crippen LogP contribution in [0.25, 0.3) is 0 Å².